The van der Waals surface area contributed by atoms with Gasteiger partial charge in [0.15, 0.2) is 11.5 Å². The normalized spacial score (nSPS) is 13.6. The van der Waals surface area contributed by atoms with Gasteiger partial charge in [0.2, 0.25) is 5.95 Å². The molecule has 2 N–H and O–H groups in total. The molecule has 0 saturated heterocycles. The van der Waals surface area contributed by atoms with Crippen LogP contribution >= 0.6 is 0 Å². The summed E-state index contributed by atoms with van der Waals surface area (Å²) in [7, 11) is 2.10. The molecular weight excluding hydrogens is 494 g/mol. The van der Waals surface area contributed by atoms with Gasteiger partial charge >= 0.3 is 0 Å². The van der Waals surface area contributed by atoms with E-state index >= 15 is 0 Å². The minimum Gasteiger partial charge on any atom is -0.384 e. The second-order valence-corrected chi connectivity index (χ2v) is 10.2. The van der Waals surface area contributed by atoms with Crippen LogP contribution in [-0.4, -0.2) is 51.2 Å². The highest BCUT2D eigenvalue weighted by molar-refractivity contribution is 5.77. The van der Waals surface area contributed by atoms with Crippen molar-refractivity contribution in [3.63, 3.8) is 0 Å². The van der Waals surface area contributed by atoms with Gasteiger partial charge in [0.05, 0.1) is 29.8 Å². The summed E-state index contributed by atoms with van der Waals surface area (Å²) in [5, 5.41) is 18.6. The first-order valence-electron chi connectivity index (χ1n) is 12.6. The number of rotatable bonds is 7. The van der Waals surface area contributed by atoms with Gasteiger partial charge in [0, 0.05) is 30.5 Å². The third kappa shape index (κ3) is 4.41. The maximum Gasteiger partial charge on any atom is 0.278 e. The van der Waals surface area contributed by atoms with Crippen molar-refractivity contribution in [2.75, 3.05) is 12.4 Å². The third-order valence-corrected chi connectivity index (χ3v) is 6.74. The minimum atomic E-state index is -1.15. The van der Waals surface area contributed by atoms with Crippen LogP contribution in [0.4, 0.5) is 11.6 Å². The number of aromatic nitrogens is 7. The van der Waals surface area contributed by atoms with Crippen LogP contribution in [0, 0.1) is 0 Å². The second kappa shape index (κ2) is 9.29. The molecule has 1 aliphatic rings. The van der Waals surface area contributed by atoms with Gasteiger partial charge in [-0.2, -0.15) is 10.1 Å². The Bertz CT molecular complexity index is 1760. The molecule has 5 heterocycles. The summed E-state index contributed by atoms with van der Waals surface area (Å²) in [5.74, 6) is 0.787. The quantitative estimate of drug-likeness (QED) is 0.312. The Labute approximate surface area is 224 Å². The smallest absolute Gasteiger partial charge is 0.278 e. The van der Waals surface area contributed by atoms with Crippen LogP contribution in [-0.2, 0) is 25.2 Å². The standard InChI is InChI=1S/C28H29N9O2/c1-5-13-35-26(38)21-15-29-27(33-25(21)37(35)24-8-6-7-23(32-24)28(2,3)39)31-19-9-11-20(12-10-19)36-22-17-34(4)16-18(22)14-30-36/h5-12,14-15,39H,1,13,16-17H2,2-4H3,(H,29,31,33). The number of aliphatic hydroxyl groups is 1. The summed E-state index contributed by atoms with van der Waals surface area (Å²) in [6.45, 7) is 9.14. The molecule has 0 amide bonds. The van der Waals surface area contributed by atoms with Crippen molar-refractivity contribution in [2.45, 2.75) is 39.1 Å². The average Bonchev–Trinajstić information content (AvgIpc) is 3.55. The van der Waals surface area contributed by atoms with Gasteiger partial charge in [-0.1, -0.05) is 12.1 Å². The Morgan fingerprint density at radius 1 is 1.10 bits per heavy atom. The Balaban J connectivity index is 1.36. The molecule has 0 spiro atoms. The summed E-state index contributed by atoms with van der Waals surface area (Å²) >= 11 is 0. The molecule has 0 unspecified atom stereocenters. The van der Waals surface area contributed by atoms with E-state index < -0.39 is 5.60 Å². The maximum absolute atomic E-state index is 13.2. The van der Waals surface area contributed by atoms with Crippen molar-refractivity contribution >= 4 is 22.7 Å². The molecule has 0 saturated carbocycles. The lowest BCUT2D eigenvalue weighted by atomic mass is 10.1. The van der Waals surface area contributed by atoms with Crippen LogP contribution in [0.25, 0.3) is 22.5 Å². The third-order valence-electron chi connectivity index (χ3n) is 6.74. The number of pyridine rings is 1. The average molecular weight is 524 g/mol. The molecule has 11 heteroatoms. The van der Waals surface area contributed by atoms with E-state index in [-0.39, 0.29) is 12.1 Å². The number of hydrogen-bond donors (Lipinski definition) is 2. The lowest BCUT2D eigenvalue weighted by Gasteiger charge is -2.18. The molecule has 0 radical (unpaired) electrons. The van der Waals surface area contributed by atoms with E-state index in [1.54, 1.807) is 42.8 Å². The van der Waals surface area contributed by atoms with Crippen molar-refractivity contribution in [3.8, 4) is 11.5 Å². The SMILES string of the molecule is C=CCn1c(=O)c2cnc(Nc3ccc(-n4ncc5c4CN(C)C5)cc3)nc2n1-c1cccc(C(C)(C)O)n1. The van der Waals surface area contributed by atoms with Crippen molar-refractivity contribution < 1.29 is 5.11 Å². The molecule has 39 heavy (non-hydrogen) atoms. The van der Waals surface area contributed by atoms with Crippen molar-refractivity contribution in [1.29, 1.82) is 0 Å². The molecule has 1 aliphatic heterocycles. The fraction of sp³-hybridized carbons (Fsp3) is 0.250. The molecule has 4 aromatic heterocycles. The first kappa shape index (κ1) is 24.7. The first-order valence-corrected chi connectivity index (χ1v) is 12.6. The molecule has 198 valence electrons. The Hall–Kier alpha value is -4.61. The van der Waals surface area contributed by atoms with Crippen LogP contribution < -0.4 is 10.9 Å². The van der Waals surface area contributed by atoms with E-state index in [4.69, 9.17) is 4.98 Å². The number of benzene rings is 1. The van der Waals surface area contributed by atoms with Gasteiger partial charge in [0.1, 0.15) is 11.0 Å². The highest BCUT2D eigenvalue weighted by atomic mass is 16.3. The fourth-order valence-corrected chi connectivity index (χ4v) is 4.84. The zero-order valence-electron chi connectivity index (χ0n) is 22.0. The molecule has 0 bridgehead atoms. The minimum absolute atomic E-state index is 0.251. The lowest BCUT2D eigenvalue weighted by molar-refractivity contribution is 0.0738. The molecular formula is C28H29N9O2. The number of fused-ring (bicyclic) bond motifs is 2. The summed E-state index contributed by atoms with van der Waals surface area (Å²) < 4.78 is 5.11. The zero-order chi connectivity index (χ0) is 27.3. The first-order chi connectivity index (χ1) is 18.7. The van der Waals surface area contributed by atoms with Gasteiger partial charge < -0.3 is 10.4 Å². The molecule has 11 nitrogen and oxygen atoms in total. The van der Waals surface area contributed by atoms with Crippen LogP contribution in [0.1, 0.15) is 30.8 Å². The summed E-state index contributed by atoms with van der Waals surface area (Å²) in [6.07, 6.45) is 5.08. The number of nitrogens with zero attached hydrogens (tertiary/aromatic N) is 8. The number of allylic oxidation sites excluding steroid dienone is 1. The van der Waals surface area contributed by atoms with Crippen LogP contribution in [0.15, 0.2) is 72.3 Å². The summed E-state index contributed by atoms with van der Waals surface area (Å²) in [5.41, 5.74) is 3.68. The Morgan fingerprint density at radius 2 is 1.90 bits per heavy atom. The molecule has 0 aliphatic carbocycles. The van der Waals surface area contributed by atoms with Gasteiger partial charge in [-0.05, 0) is 57.3 Å². The van der Waals surface area contributed by atoms with E-state index in [0.717, 1.165) is 24.5 Å². The van der Waals surface area contributed by atoms with Crippen LogP contribution in [0.2, 0.25) is 0 Å². The van der Waals surface area contributed by atoms with E-state index in [9.17, 15) is 9.90 Å². The number of anilines is 2. The van der Waals surface area contributed by atoms with Crippen LogP contribution in [0.5, 0.6) is 0 Å². The van der Waals surface area contributed by atoms with Crippen molar-refractivity contribution in [3.05, 3.63) is 94.8 Å². The summed E-state index contributed by atoms with van der Waals surface area (Å²) in [6, 6.07) is 13.2. The molecule has 0 fully saturated rings. The van der Waals surface area contributed by atoms with Gasteiger partial charge in [-0.15, -0.1) is 6.58 Å². The van der Waals surface area contributed by atoms with E-state index in [0.29, 0.717) is 28.5 Å². The Morgan fingerprint density at radius 3 is 2.64 bits per heavy atom. The van der Waals surface area contributed by atoms with Crippen LogP contribution in [0.3, 0.4) is 0 Å². The number of hydrogen-bond acceptors (Lipinski definition) is 8. The lowest BCUT2D eigenvalue weighted by Crippen LogP contribution is -2.23. The molecule has 0 atom stereocenters. The topological polar surface area (TPSA) is 119 Å². The Kier molecular flexibility index (Phi) is 5.89. The monoisotopic (exact) mass is 523 g/mol. The predicted octanol–water partition coefficient (Wildman–Crippen LogP) is 3.27. The largest absolute Gasteiger partial charge is 0.384 e. The molecule has 1 aromatic carbocycles. The zero-order valence-corrected chi connectivity index (χ0v) is 22.0. The van der Waals surface area contributed by atoms with Crippen molar-refractivity contribution in [1.82, 2.24) is 39.0 Å². The summed E-state index contributed by atoms with van der Waals surface area (Å²) in [4.78, 5) is 29.2. The molecule has 5 aromatic rings. The predicted molar refractivity (Wildman–Crippen MR) is 148 cm³/mol. The number of nitrogens with one attached hydrogen (secondary N) is 1. The molecule has 6 rings (SSSR count). The highest BCUT2D eigenvalue weighted by Gasteiger charge is 2.23. The fourth-order valence-electron chi connectivity index (χ4n) is 4.84. The maximum atomic E-state index is 13.2. The second-order valence-electron chi connectivity index (χ2n) is 10.2. The van der Waals surface area contributed by atoms with E-state index in [2.05, 4.69) is 38.9 Å². The van der Waals surface area contributed by atoms with Gasteiger partial charge in [-0.25, -0.2) is 24.0 Å². The van der Waals surface area contributed by atoms with E-state index in [1.807, 2.05) is 35.1 Å². The van der Waals surface area contributed by atoms with E-state index in [1.165, 1.54) is 22.1 Å². The van der Waals surface area contributed by atoms with Gasteiger partial charge in [0.25, 0.3) is 5.56 Å². The van der Waals surface area contributed by atoms with Crippen molar-refractivity contribution in [2.24, 2.45) is 0 Å². The van der Waals surface area contributed by atoms with Gasteiger partial charge in [-0.3, -0.25) is 9.69 Å². The highest BCUT2D eigenvalue weighted by Crippen LogP contribution is 2.25.